The first kappa shape index (κ1) is 16.9. The molecule has 4 aromatic carbocycles. The second kappa shape index (κ2) is 7.06. The van der Waals surface area contributed by atoms with Crippen LogP contribution in [0.3, 0.4) is 0 Å². The van der Waals surface area contributed by atoms with Gasteiger partial charge in [0.1, 0.15) is 5.75 Å². The largest absolute Gasteiger partial charge is 0.464 e. The van der Waals surface area contributed by atoms with Crippen molar-refractivity contribution in [1.29, 1.82) is 0 Å². The minimum Gasteiger partial charge on any atom is -0.464 e. The highest BCUT2D eigenvalue weighted by molar-refractivity contribution is 6.31. The summed E-state index contributed by atoms with van der Waals surface area (Å²) in [5.74, 6) is 0.781. The van der Waals surface area contributed by atoms with Crippen molar-refractivity contribution in [1.82, 2.24) is 0 Å². The van der Waals surface area contributed by atoms with Crippen molar-refractivity contribution in [2.75, 3.05) is 5.32 Å². The van der Waals surface area contributed by atoms with E-state index in [9.17, 15) is 0 Å². The van der Waals surface area contributed by atoms with E-state index in [0.29, 0.717) is 5.02 Å². The molecule has 0 spiro atoms. The highest BCUT2D eigenvalue weighted by Gasteiger charge is 2.27. The summed E-state index contributed by atoms with van der Waals surface area (Å²) in [5, 5.41) is 4.19. The molecule has 0 bridgehead atoms. The number of rotatable bonds is 3. The van der Waals surface area contributed by atoms with Gasteiger partial charge in [-0.3, -0.25) is 0 Å². The zero-order valence-corrected chi connectivity index (χ0v) is 15.9. The molecule has 0 fully saturated rings. The van der Waals surface area contributed by atoms with Gasteiger partial charge in [0.25, 0.3) is 0 Å². The van der Waals surface area contributed by atoms with Crippen LogP contribution in [0.15, 0.2) is 97.1 Å². The zero-order chi connectivity index (χ0) is 18.9. The summed E-state index contributed by atoms with van der Waals surface area (Å²) in [5.41, 5.74) is 6.60. The van der Waals surface area contributed by atoms with Gasteiger partial charge in [0, 0.05) is 22.2 Å². The molecule has 1 unspecified atom stereocenters. The molecule has 1 aliphatic rings. The topological polar surface area (TPSA) is 21.3 Å². The van der Waals surface area contributed by atoms with Gasteiger partial charge in [0.05, 0.1) is 5.69 Å². The van der Waals surface area contributed by atoms with Crippen LogP contribution in [0, 0.1) is 0 Å². The third kappa shape index (κ3) is 3.12. The van der Waals surface area contributed by atoms with E-state index in [0.717, 1.165) is 28.1 Å². The third-order valence-corrected chi connectivity index (χ3v) is 5.21. The molecular formula is C25H18ClNO. The van der Waals surface area contributed by atoms with Gasteiger partial charge < -0.3 is 10.1 Å². The van der Waals surface area contributed by atoms with Crippen molar-refractivity contribution in [3.05, 3.63) is 108 Å². The Kier molecular flexibility index (Phi) is 4.27. The van der Waals surface area contributed by atoms with E-state index < -0.39 is 0 Å². The quantitative estimate of drug-likeness (QED) is 0.404. The van der Waals surface area contributed by atoms with E-state index in [-0.39, 0.29) is 6.23 Å². The fourth-order valence-corrected chi connectivity index (χ4v) is 3.80. The number of hydrogen-bond donors (Lipinski definition) is 1. The smallest absolute Gasteiger partial charge is 0.196 e. The molecule has 0 aromatic heterocycles. The number of hydrogen-bond acceptors (Lipinski definition) is 2. The molecule has 1 atom stereocenters. The molecule has 0 aliphatic carbocycles. The first-order valence-corrected chi connectivity index (χ1v) is 9.63. The van der Waals surface area contributed by atoms with Gasteiger partial charge in [0.15, 0.2) is 6.23 Å². The molecule has 1 heterocycles. The Hall–Kier alpha value is -3.23. The number of anilines is 1. The maximum absolute atomic E-state index is 6.35. The summed E-state index contributed by atoms with van der Waals surface area (Å²) < 4.78 is 6.19. The summed E-state index contributed by atoms with van der Waals surface area (Å²) in [6.45, 7) is 0. The molecule has 1 aliphatic heterocycles. The molecule has 136 valence electrons. The molecule has 3 heteroatoms. The molecule has 1 N–H and O–H groups in total. The fourth-order valence-electron chi connectivity index (χ4n) is 3.59. The Labute approximate surface area is 169 Å². The lowest BCUT2D eigenvalue weighted by Gasteiger charge is -2.13. The minimum absolute atomic E-state index is 0.235. The van der Waals surface area contributed by atoms with Gasteiger partial charge >= 0.3 is 0 Å². The molecule has 28 heavy (non-hydrogen) atoms. The van der Waals surface area contributed by atoms with Crippen LogP contribution in [-0.2, 0) is 0 Å². The fraction of sp³-hybridized carbons (Fsp3) is 0.0400. The van der Waals surface area contributed by atoms with Crippen LogP contribution < -0.4 is 10.1 Å². The van der Waals surface area contributed by atoms with Crippen LogP contribution in [0.2, 0.25) is 5.02 Å². The summed E-state index contributed by atoms with van der Waals surface area (Å²) in [4.78, 5) is 0. The average Bonchev–Trinajstić information content (AvgIpc) is 3.18. The van der Waals surface area contributed by atoms with Gasteiger partial charge in [-0.15, -0.1) is 0 Å². The lowest BCUT2D eigenvalue weighted by Crippen LogP contribution is -2.10. The average molecular weight is 384 g/mol. The Morgan fingerprint density at radius 2 is 1.29 bits per heavy atom. The van der Waals surface area contributed by atoms with E-state index in [1.807, 2.05) is 36.4 Å². The summed E-state index contributed by atoms with van der Waals surface area (Å²) in [6.07, 6.45) is -0.235. The number of ether oxygens (including phenoxy) is 1. The molecule has 5 rings (SSSR count). The van der Waals surface area contributed by atoms with Crippen molar-refractivity contribution in [2.24, 2.45) is 0 Å². The highest BCUT2D eigenvalue weighted by Crippen LogP contribution is 2.46. The van der Waals surface area contributed by atoms with E-state index in [4.69, 9.17) is 16.3 Å². The maximum atomic E-state index is 6.35. The lowest BCUT2D eigenvalue weighted by atomic mass is 10.0. The molecule has 0 saturated carbocycles. The van der Waals surface area contributed by atoms with Crippen LogP contribution in [0.5, 0.6) is 5.75 Å². The Bertz CT molecular complexity index is 1110. The second-order valence-electron chi connectivity index (χ2n) is 6.82. The van der Waals surface area contributed by atoms with Crippen LogP contribution in [0.25, 0.3) is 22.3 Å². The molecule has 0 radical (unpaired) electrons. The van der Waals surface area contributed by atoms with Crippen molar-refractivity contribution in [3.8, 4) is 28.0 Å². The molecule has 0 amide bonds. The van der Waals surface area contributed by atoms with E-state index in [2.05, 4.69) is 66.0 Å². The summed E-state index contributed by atoms with van der Waals surface area (Å²) >= 11 is 6.35. The second-order valence-corrected chi connectivity index (χ2v) is 7.26. The monoisotopic (exact) mass is 383 g/mol. The van der Waals surface area contributed by atoms with Gasteiger partial charge in [-0.1, -0.05) is 96.5 Å². The SMILES string of the molecule is Clc1cc2c(c(-c3ccccc3)c1)NC(c1ccc(-c3ccccc3)cc1)O2. The number of benzene rings is 4. The maximum Gasteiger partial charge on any atom is 0.196 e. The Morgan fingerprint density at radius 1 is 0.679 bits per heavy atom. The number of halogens is 1. The van der Waals surface area contributed by atoms with Gasteiger partial charge in [0.2, 0.25) is 0 Å². The number of nitrogens with one attached hydrogen (secondary N) is 1. The van der Waals surface area contributed by atoms with Crippen molar-refractivity contribution < 1.29 is 4.74 Å². The van der Waals surface area contributed by atoms with Crippen LogP contribution in [0.4, 0.5) is 5.69 Å². The highest BCUT2D eigenvalue weighted by atomic mass is 35.5. The summed E-state index contributed by atoms with van der Waals surface area (Å²) in [6, 6.07) is 32.9. The van der Waals surface area contributed by atoms with Crippen LogP contribution in [-0.4, -0.2) is 0 Å². The predicted octanol–water partition coefficient (Wildman–Crippen LogP) is 7.18. The van der Waals surface area contributed by atoms with E-state index in [1.54, 1.807) is 0 Å². The van der Waals surface area contributed by atoms with Crippen LogP contribution in [0.1, 0.15) is 11.8 Å². The Morgan fingerprint density at radius 3 is 1.96 bits per heavy atom. The summed E-state index contributed by atoms with van der Waals surface area (Å²) in [7, 11) is 0. The lowest BCUT2D eigenvalue weighted by molar-refractivity contribution is 0.260. The Balaban J connectivity index is 1.46. The normalized spacial score (nSPS) is 14.8. The van der Waals surface area contributed by atoms with Gasteiger partial charge in [-0.2, -0.15) is 0 Å². The minimum atomic E-state index is -0.235. The molecule has 4 aromatic rings. The standard InChI is InChI=1S/C25H18ClNO/c26-21-15-22(19-9-5-2-6-10-19)24-23(16-21)28-25(27-24)20-13-11-18(12-14-20)17-7-3-1-4-8-17/h1-16,25,27H. The molecule has 2 nitrogen and oxygen atoms in total. The van der Waals surface area contributed by atoms with Crippen LogP contribution >= 0.6 is 11.6 Å². The van der Waals surface area contributed by atoms with Crippen molar-refractivity contribution in [3.63, 3.8) is 0 Å². The van der Waals surface area contributed by atoms with E-state index >= 15 is 0 Å². The van der Waals surface area contributed by atoms with Gasteiger partial charge in [-0.25, -0.2) is 0 Å². The predicted molar refractivity (Wildman–Crippen MR) is 116 cm³/mol. The van der Waals surface area contributed by atoms with Gasteiger partial charge in [-0.05, 0) is 22.8 Å². The van der Waals surface area contributed by atoms with Crippen molar-refractivity contribution in [2.45, 2.75) is 6.23 Å². The third-order valence-electron chi connectivity index (χ3n) is 4.99. The molecular weight excluding hydrogens is 366 g/mol. The van der Waals surface area contributed by atoms with Crippen molar-refractivity contribution >= 4 is 17.3 Å². The first-order chi connectivity index (χ1) is 13.8. The zero-order valence-electron chi connectivity index (χ0n) is 15.1. The van der Waals surface area contributed by atoms with E-state index in [1.165, 1.54) is 11.1 Å². The number of fused-ring (bicyclic) bond motifs is 1. The molecule has 0 saturated heterocycles. The first-order valence-electron chi connectivity index (χ1n) is 9.25.